The van der Waals surface area contributed by atoms with E-state index in [2.05, 4.69) is 15.1 Å². The van der Waals surface area contributed by atoms with E-state index in [-0.39, 0.29) is 11.3 Å². The SMILES string of the molecule is COc1c(C)nc(-c2ccn(C)n2)[nH]c1=O. The summed E-state index contributed by atoms with van der Waals surface area (Å²) in [7, 11) is 3.25. The van der Waals surface area contributed by atoms with Crippen molar-refractivity contribution in [1.29, 1.82) is 0 Å². The molecule has 0 atom stereocenters. The van der Waals surface area contributed by atoms with Crippen molar-refractivity contribution in [1.82, 2.24) is 19.7 Å². The molecule has 0 fully saturated rings. The minimum absolute atomic E-state index is 0.236. The van der Waals surface area contributed by atoms with Crippen molar-refractivity contribution in [3.63, 3.8) is 0 Å². The standard InChI is InChI=1S/C10H12N4O2/c1-6-8(16-3)10(15)12-9(11-6)7-4-5-14(2)13-7/h4-5H,1-3H3,(H,11,12,15). The molecule has 0 amide bonds. The Bertz CT molecular complexity index is 570. The first kappa shape index (κ1) is 10.4. The number of rotatable bonds is 2. The molecule has 0 spiro atoms. The van der Waals surface area contributed by atoms with E-state index in [1.54, 1.807) is 30.9 Å². The lowest BCUT2D eigenvalue weighted by atomic mass is 10.3. The van der Waals surface area contributed by atoms with Gasteiger partial charge in [0.25, 0.3) is 5.56 Å². The average Bonchev–Trinajstić information content (AvgIpc) is 2.64. The van der Waals surface area contributed by atoms with Crippen LogP contribution in [0.4, 0.5) is 0 Å². The van der Waals surface area contributed by atoms with E-state index < -0.39 is 0 Å². The number of ether oxygens (including phenoxy) is 1. The molecule has 6 nitrogen and oxygen atoms in total. The van der Waals surface area contributed by atoms with Crippen LogP contribution in [0.1, 0.15) is 5.69 Å². The van der Waals surface area contributed by atoms with Crippen LogP contribution >= 0.6 is 0 Å². The van der Waals surface area contributed by atoms with Gasteiger partial charge in [0.05, 0.1) is 12.8 Å². The predicted molar refractivity (Wildman–Crippen MR) is 58.3 cm³/mol. The number of hydrogen-bond donors (Lipinski definition) is 1. The molecule has 0 unspecified atom stereocenters. The molecule has 0 radical (unpaired) electrons. The van der Waals surface area contributed by atoms with Crippen molar-refractivity contribution < 1.29 is 4.74 Å². The van der Waals surface area contributed by atoms with E-state index in [0.717, 1.165) is 0 Å². The van der Waals surface area contributed by atoms with Gasteiger partial charge in [-0.3, -0.25) is 9.48 Å². The second kappa shape index (κ2) is 3.80. The van der Waals surface area contributed by atoms with E-state index in [1.807, 2.05) is 0 Å². The Labute approximate surface area is 91.9 Å². The lowest BCUT2D eigenvalue weighted by Gasteiger charge is -2.03. The third kappa shape index (κ3) is 1.69. The highest BCUT2D eigenvalue weighted by atomic mass is 16.5. The third-order valence-electron chi connectivity index (χ3n) is 2.21. The molecule has 2 heterocycles. The molecule has 2 aromatic rings. The Hall–Kier alpha value is -2.11. The number of hydrogen-bond acceptors (Lipinski definition) is 4. The second-order valence-electron chi connectivity index (χ2n) is 3.41. The zero-order valence-corrected chi connectivity index (χ0v) is 9.31. The number of nitrogens with zero attached hydrogens (tertiary/aromatic N) is 3. The number of aromatic amines is 1. The van der Waals surface area contributed by atoms with E-state index in [1.165, 1.54) is 7.11 Å². The maximum absolute atomic E-state index is 11.6. The van der Waals surface area contributed by atoms with Gasteiger partial charge in [0.2, 0.25) is 5.75 Å². The molecule has 6 heteroatoms. The van der Waals surface area contributed by atoms with E-state index in [0.29, 0.717) is 17.2 Å². The highest BCUT2D eigenvalue weighted by Crippen LogP contribution is 2.14. The first-order chi connectivity index (χ1) is 7.61. The molecule has 1 N–H and O–H groups in total. The molecule has 0 aliphatic heterocycles. The van der Waals surface area contributed by atoms with Crippen molar-refractivity contribution in [2.75, 3.05) is 7.11 Å². The van der Waals surface area contributed by atoms with Crippen molar-refractivity contribution in [2.24, 2.45) is 7.05 Å². The van der Waals surface area contributed by atoms with E-state index in [4.69, 9.17) is 4.74 Å². The zero-order chi connectivity index (χ0) is 11.7. The van der Waals surface area contributed by atoms with Crippen LogP contribution in [-0.2, 0) is 7.05 Å². The van der Waals surface area contributed by atoms with Crippen molar-refractivity contribution in [2.45, 2.75) is 6.92 Å². The summed E-state index contributed by atoms with van der Waals surface area (Å²) in [6, 6.07) is 1.78. The van der Waals surface area contributed by atoms with Crippen LogP contribution in [0, 0.1) is 6.92 Å². The summed E-state index contributed by atoms with van der Waals surface area (Å²) in [5.74, 6) is 0.684. The van der Waals surface area contributed by atoms with Gasteiger partial charge in [-0.05, 0) is 13.0 Å². The summed E-state index contributed by atoms with van der Waals surface area (Å²) in [5, 5.41) is 4.16. The summed E-state index contributed by atoms with van der Waals surface area (Å²) in [5.41, 5.74) is 0.882. The van der Waals surface area contributed by atoms with Gasteiger partial charge in [-0.15, -0.1) is 0 Å². The monoisotopic (exact) mass is 220 g/mol. The summed E-state index contributed by atoms with van der Waals surface area (Å²) < 4.78 is 6.59. The Morgan fingerprint density at radius 1 is 1.50 bits per heavy atom. The molecule has 0 aromatic carbocycles. The van der Waals surface area contributed by atoms with Crippen LogP contribution in [0.3, 0.4) is 0 Å². The number of aromatic nitrogens is 4. The van der Waals surface area contributed by atoms with Crippen LogP contribution in [0.5, 0.6) is 5.75 Å². The van der Waals surface area contributed by atoms with Gasteiger partial charge in [0.1, 0.15) is 5.69 Å². The molecule has 2 aromatic heterocycles. The maximum Gasteiger partial charge on any atom is 0.293 e. The molecule has 84 valence electrons. The number of aryl methyl sites for hydroxylation is 2. The van der Waals surface area contributed by atoms with Gasteiger partial charge < -0.3 is 9.72 Å². The molecular formula is C10H12N4O2. The quantitative estimate of drug-likeness (QED) is 0.799. The molecule has 0 saturated carbocycles. The van der Waals surface area contributed by atoms with E-state index >= 15 is 0 Å². The maximum atomic E-state index is 11.6. The Morgan fingerprint density at radius 2 is 2.25 bits per heavy atom. The van der Waals surface area contributed by atoms with Crippen LogP contribution in [0.25, 0.3) is 11.5 Å². The molecule has 16 heavy (non-hydrogen) atoms. The molecule has 0 aliphatic rings. The summed E-state index contributed by atoms with van der Waals surface area (Å²) in [6.07, 6.45) is 1.79. The smallest absolute Gasteiger partial charge is 0.293 e. The first-order valence-corrected chi connectivity index (χ1v) is 4.76. The van der Waals surface area contributed by atoms with E-state index in [9.17, 15) is 4.79 Å². The summed E-state index contributed by atoms with van der Waals surface area (Å²) in [6.45, 7) is 1.72. The van der Waals surface area contributed by atoms with Gasteiger partial charge >= 0.3 is 0 Å². The number of methoxy groups -OCH3 is 1. The number of H-pyrrole nitrogens is 1. The fourth-order valence-electron chi connectivity index (χ4n) is 1.48. The predicted octanol–water partition coefficient (Wildman–Crippen LogP) is 0.487. The molecular weight excluding hydrogens is 208 g/mol. The number of nitrogens with one attached hydrogen (secondary N) is 1. The second-order valence-corrected chi connectivity index (χ2v) is 3.41. The minimum Gasteiger partial charge on any atom is -0.490 e. The fourth-order valence-corrected chi connectivity index (χ4v) is 1.48. The Morgan fingerprint density at radius 3 is 2.75 bits per heavy atom. The van der Waals surface area contributed by atoms with Gasteiger partial charge in [0, 0.05) is 13.2 Å². The minimum atomic E-state index is -0.296. The topological polar surface area (TPSA) is 72.8 Å². The molecule has 0 aliphatic carbocycles. The Kier molecular flexibility index (Phi) is 2.47. The largest absolute Gasteiger partial charge is 0.490 e. The van der Waals surface area contributed by atoms with Crippen LogP contribution in [0.2, 0.25) is 0 Å². The van der Waals surface area contributed by atoms with Crippen LogP contribution in [-0.4, -0.2) is 26.9 Å². The van der Waals surface area contributed by atoms with Crippen molar-refractivity contribution >= 4 is 0 Å². The van der Waals surface area contributed by atoms with Crippen LogP contribution in [0.15, 0.2) is 17.1 Å². The van der Waals surface area contributed by atoms with Crippen molar-refractivity contribution in [3.05, 3.63) is 28.3 Å². The third-order valence-corrected chi connectivity index (χ3v) is 2.21. The summed E-state index contributed by atoms with van der Waals surface area (Å²) >= 11 is 0. The van der Waals surface area contributed by atoms with Gasteiger partial charge in [-0.2, -0.15) is 5.10 Å². The lowest BCUT2D eigenvalue weighted by Crippen LogP contribution is -2.14. The lowest BCUT2D eigenvalue weighted by molar-refractivity contribution is 0.402. The highest BCUT2D eigenvalue weighted by Gasteiger charge is 2.10. The summed E-state index contributed by atoms with van der Waals surface area (Å²) in [4.78, 5) is 18.5. The Balaban J connectivity index is 2.56. The average molecular weight is 220 g/mol. The van der Waals surface area contributed by atoms with Gasteiger partial charge in [-0.1, -0.05) is 0 Å². The van der Waals surface area contributed by atoms with Crippen LogP contribution < -0.4 is 10.3 Å². The zero-order valence-electron chi connectivity index (χ0n) is 9.31. The van der Waals surface area contributed by atoms with Crippen molar-refractivity contribution in [3.8, 4) is 17.3 Å². The van der Waals surface area contributed by atoms with Gasteiger partial charge in [-0.25, -0.2) is 4.98 Å². The highest BCUT2D eigenvalue weighted by molar-refractivity contribution is 5.49. The molecule has 0 bridgehead atoms. The first-order valence-electron chi connectivity index (χ1n) is 4.76. The fraction of sp³-hybridized carbons (Fsp3) is 0.300. The van der Waals surface area contributed by atoms with Gasteiger partial charge in [0.15, 0.2) is 5.82 Å². The molecule has 2 rings (SSSR count). The molecule has 0 saturated heterocycles. The normalized spacial score (nSPS) is 10.4.